The van der Waals surface area contributed by atoms with Crippen molar-refractivity contribution in [2.24, 2.45) is 5.92 Å². The summed E-state index contributed by atoms with van der Waals surface area (Å²) in [5, 5.41) is 0. The van der Waals surface area contributed by atoms with E-state index in [0.717, 1.165) is 11.6 Å². The molecule has 1 rings (SSSR count). The molecule has 4 unspecified atom stereocenters. The van der Waals surface area contributed by atoms with Gasteiger partial charge in [-0.25, -0.2) is 0 Å². The van der Waals surface area contributed by atoms with Crippen molar-refractivity contribution in [2.75, 3.05) is 65.4 Å². The van der Waals surface area contributed by atoms with Crippen LogP contribution in [0.25, 0.3) is 0 Å². The SMILES string of the molecule is CC(C)C1C[P+](C)(C)P(C)C#CP(C)CP(C)P1(C)(C)C. The molecule has 0 aromatic rings. The van der Waals surface area contributed by atoms with Gasteiger partial charge in [0.1, 0.15) is 0 Å². The fourth-order valence-electron chi connectivity index (χ4n) is 3.22. The minimum absolute atomic E-state index is 0.0659. The van der Waals surface area contributed by atoms with Crippen LogP contribution in [0.2, 0.25) is 0 Å². The van der Waals surface area contributed by atoms with Crippen LogP contribution < -0.4 is 0 Å². The molecule has 124 valence electrons. The van der Waals surface area contributed by atoms with E-state index in [1.807, 2.05) is 0 Å². The topological polar surface area (TPSA) is 0 Å². The molecule has 0 radical (unpaired) electrons. The summed E-state index contributed by atoms with van der Waals surface area (Å²) in [6.45, 7) is 24.9. The van der Waals surface area contributed by atoms with E-state index in [1.165, 1.54) is 12.1 Å². The van der Waals surface area contributed by atoms with Gasteiger partial charge < -0.3 is 0 Å². The standard InChI is InChI=1S/C16H36P5/c1-15(2)16-13-20(6,7)18(4)12-11-17(3)14-19(5)21(16,8,9)10/h15-16H,13-14H2,1-10H3/q+1. The van der Waals surface area contributed by atoms with E-state index in [-0.39, 0.29) is 23.1 Å². The first-order valence-electron chi connectivity index (χ1n) is 7.78. The zero-order valence-electron chi connectivity index (χ0n) is 15.8. The van der Waals surface area contributed by atoms with E-state index in [4.69, 9.17) is 0 Å². The Labute approximate surface area is 138 Å². The Morgan fingerprint density at radius 1 is 1.05 bits per heavy atom. The normalized spacial score (nSPS) is 40.4. The molecule has 21 heavy (non-hydrogen) atoms. The van der Waals surface area contributed by atoms with E-state index in [2.05, 4.69) is 78.5 Å². The molecule has 0 N–H and O–H groups in total. The van der Waals surface area contributed by atoms with Gasteiger partial charge in [0, 0.05) is 0 Å². The first-order valence-corrected chi connectivity index (χ1v) is 21.4. The Balaban J connectivity index is 3.39. The van der Waals surface area contributed by atoms with Gasteiger partial charge in [0.05, 0.1) is 0 Å². The van der Waals surface area contributed by atoms with Gasteiger partial charge >= 0.3 is 139 Å². The maximum atomic E-state index is 3.73. The summed E-state index contributed by atoms with van der Waals surface area (Å²) in [6.07, 6.45) is -0.135. The molecule has 1 aliphatic rings. The Hall–Kier alpha value is 1.71. The molecule has 0 nitrogen and oxygen atoms in total. The van der Waals surface area contributed by atoms with Crippen LogP contribution in [0, 0.1) is 17.2 Å². The molecule has 0 saturated heterocycles. The molecule has 0 bridgehead atoms. The quantitative estimate of drug-likeness (QED) is 0.346. The van der Waals surface area contributed by atoms with Gasteiger partial charge in [-0.05, 0) is 0 Å². The van der Waals surface area contributed by atoms with Gasteiger partial charge in [-0.2, -0.15) is 0 Å². The molecule has 0 saturated carbocycles. The van der Waals surface area contributed by atoms with E-state index >= 15 is 0 Å². The first kappa shape index (κ1) is 20.8. The molecule has 0 aliphatic carbocycles. The second-order valence-electron chi connectivity index (χ2n) is 8.69. The molecule has 0 amide bonds. The Kier molecular flexibility index (Phi) is 6.83. The van der Waals surface area contributed by atoms with Crippen LogP contribution in [-0.2, 0) is 0 Å². The van der Waals surface area contributed by atoms with Gasteiger partial charge in [0.15, 0.2) is 0 Å². The molecule has 0 spiro atoms. The van der Waals surface area contributed by atoms with Gasteiger partial charge in [-0.3, -0.25) is 0 Å². The Morgan fingerprint density at radius 3 is 2.05 bits per heavy atom. The van der Waals surface area contributed by atoms with Crippen molar-refractivity contribution in [1.82, 2.24) is 0 Å². The van der Waals surface area contributed by atoms with Crippen LogP contribution in [-0.4, -0.2) is 71.0 Å². The van der Waals surface area contributed by atoms with Gasteiger partial charge in [-0.1, -0.05) is 0 Å². The van der Waals surface area contributed by atoms with Crippen LogP contribution in [0.4, 0.5) is 0 Å². The number of hydrogen-bond donors (Lipinski definition) is 0. The van der Waals surface area contributed by atoms with Crippen LogP contribution in [0.15, 0.2) is 0 Å². The number of rotatable bonds is 1. The summed E-state index contributed by atoms with van der Waals surface area (Å²) in [5.74, 6) is 2.25. The van der Waals surface area contributed by atoms with E-state index in [1.54, 1.807) is 0 Å². The van der Waals surface area contributed by atoms with Crippen LogP contribution in [0.5, 0.6) is 0 Å². The summed E-state index contributed by atoms with van der Waals surface area (Å²) in [6, 6.07) is 0. The summed E-state index contributed by atoms with van der Waals surface area (Å²) in [7, 11) is -0.00956. The van der Waals surface area contributed by atoms with Crippen LogP contribution >= 0.6 is 36.4 Å². The molecule has 0 aromatic carbocycles. The Morgan fingerprint density at radius 2 is 1.57 bits per heavy atom. The fraction of sp³-hybridized carbons (Fsp3) is 0.875. The molecular weight excluding hydrogens is 347 g/mol. The van der Waals surface area contributed by atoms with Gasteiger partial charge in [0.25, 0.3) is 0 Å². The molecule has 0 fully saturated rings. The minimum atomic E-state index is -1.62. The Bertz CT molecular complexity index is 435. The molecular formula is C16H36P5+. The number of hydrogen-bond acceptors (Lipinski definition) is 0. The van der Waals surface area contributed by atoms with E-state index in [0.29, 0.717) is 0 Å². The van der Waals surface area contributed by atoms with Crippen molar-refractivity contribution in [3.05, 3.63) is 0 Å². The maximum absolute atomic E-state index is 3.73. The first-order chi connectivity index (χ1) is 9.26. The molecule has 5 heteroatoms. The summed E-state index contributed by atoms with van der Waals surface area (Å²) in [4.78, 5) is 0. The molecule has 1 aliphatic heterocycles. The second kappa shape index (κ2) is 6.91. The average molecular weight is 383 g/mol. The fourth-order valence-corrected chi connectivity index (χ4v) is 28.5. The predicted molar refractivity (Wildman–Crippen MR) is 118 cm³/mol. The van der Waals surface area contributed by atoms with Crippen molar-refractivity contribution in [3.8, 4) is 11.3 Å². The van der Waals surface area contributed by atoms with Crippen molar-refractivity contribution in [2.45, 2.75) is 19.5 Å². The average Bonchev–Trinajstić information content (AvgIpc) is 2.30. The third-order valence-corrected chi connectivity index (χ3v) is 33.6. The second-order valence-corrected chi connectivity index (χ2v) is 35.4. The van der Waals surface area contributed by atoms with Gasteiger partial charge in [0.2, 0.25) is 0 Å². The zero-order chi connectivity index (χ0) is 16.7. The predicted octanol–water partition coefficient (Wildman–Crippen LogP) is 6.79. The van der Waals surface area contributed by atoms with Crippen molar-refractivity contribution in [1.29, 1.82) is 0 Å². The van der Waals surface area contributed by atoms with Crippen molar-refractivity contribution in [3.63, 3.8) is 0 Å². The molecule has 0 aromatic heterocycles. The van der Waals surface area contributed by atoms with Crippen molar-refractivity contribution >= 4 is 36.4 Å². The van der Waals surface area contributed by atoms with E-state index in [9.17, 15) is 0 Å². The zero-order valence-corrected chi connectivity index (χ0v) is 20.3. The van der Waals surface area contributed by atoms with Crippen LogP contribution in [0.1, 0.15) is 13.8 Å². The summed E-state index contributed by atoms with van der Waals surface area (Å²) < 4.78 is 0. The van der Waals surface area contributed by atoms with E-state index < -0.39 is 13.2 Å². The third-order valence-electron chi connectivity index (χ3n) is 5.40. The summed E-state index contributed by atoms with van der Waals surface area (Å²) >= 11 is 0. The molecule has 4 atom stereocenters. The molecule has 1 heterocycles. The summed E-state index contributed by atoms with van der Waals surface area (Å²) in [5.41, 5.74) is 8.37. The van der Waals surface area contributed by atoms with Crippen molar-refractivity contribution < 1.29 is 0 Å². The third kappa shape index (κ3) is 4.85. The van der Waals surface area contributed by atoms with Crippen LogP contribution in [0.3, 0.4) is 0 Å². The van der Waals surface area contributed by atoms with Gasteiger partial charge in [-0.15, -0.1) is 0 Å². The monoisotopic (exact) mass is 383 g/mol.